The van der Waals surface area contributed by atoms with E-state index in [1.165, 1.54) is 0 Å². The van der Waals surface area contributed by atoms with Crippen molar-refractivity contribution in [3.8, 4) is 0 Å². The Kier molecular flexibility index (Phi) is 8.67. The fourth-order valence-corrected chi connectivity index (χ4v) is 4.66. The lowest BCUT2D eigenvalue weighted by Crippen LogP contribution is -2.50. The van der Waals surface area contributed by atoms with Crippen molar-refractivity contribution in [2.75, 3.05) is 19.8 Å². The minimum absolute atomic E-state index is 0.288. The van der Waals surface area contributed by atoms with Crippen molar-refractivity contribution in [3.63, 3.8) is 0 Å². The number of hydrogen-bond acceptors (Lipinski definition) is 5. The highest BCUT2D eigenvalue weighted by atomic mass is 16.5. The molecular formula is C27H32N4O5. The molecule has 0 fully saturated rings. The number of aromatic nitrogens is 2. The van der Waals surface area contributed by atoms with E-state index in [2.05, 4.69) is 20.2 Å². The number of fused-ring (bicyclic) bond motifs is 5. The first-order valence-corrected chi connectivity index (χ1v) is 12.3. The number of carboxylic acids is 1. The second-order valence-electron chi connectivity index (χ2n) is 9.08. The molecule has 2 aromatic heterocycles. The summed E-state index contributed by atoms with van der Waals surface area (Å²) in [6.07, 6.45) is 7.22. The Morgan fingerprint density at radius 3 is 2.81 bits per heavy atom. The van der Waals surface area contributed by atoms with Crippen LogP contribution in [0.1, 0.15) is 30.4 Å². The van der Waals surface area contributed by atoms with Crippen molar-refractivity contribution < 1.29 is 24.2 Å². The number of hydrogen-bond donors (Lipinski definition) is 3. The molecule has 0 unspecified atom stereocenters. The summed E-state index contributed by atoms with van der Waals surface area (Å²) in [7, 11) is 0. The molecule has 190 valence electrons. The van der Waals surface area contributed by atoms with Crippen LogP contribution in [0.2, 0.25) is 0 Å². The summed E-state index contributed by atoms with van der Waals surface area (Å²) < 4.78 is 7.76. The molecule has 9 heteroatoms. The summed E-state index contributed by atoms with van der Waals surface area (Å²) in [6.45, 7) is 1.92. The lowest BCUT2D eigenvalue weighted by Gasteiger charge is -2.22. The Hall–Kier alpha value is -3.72. The predicted octanol–water partition coefficient (Wildman–Crippen LogP) is 2.32. The van der Waals surface area contributed by atoms with Crippen LogP contribution < -0.4 is 10.6 Å². The van der Waals surface area contributed by atoms with Crippen molar-refractivity contribution in [1.29, 1.82) is 0 Å². The van der Waals surface area contributed by atoms with E-state index >= 15 is 0 Å². The van der Waals surface area contributed by atoms with Crippen LogP contribution in [0.4, 0.5) is 0 Å². The quantitative estimate of drug-likeness (QED) is 0.444. The molecule has 0 spiro atoms. The smallest absolute Gasteiger partial charge is 0.304 e. The number of nitrogens with one attached hydrogen (secondary N) is 2. The van der Waals surface area contributed by atoms with Gasteiger partial charge in [-0.3, -0.25) is 19.4 Å². The standard InChI is InChI=1S/C27H32N4O5/c32-25(33)17-20(5-3-4-19-8-10-28-11-9-19)26(34)30-23-16-21-18-31(24-7-2-1-6-22(21)24)13-15-36-14-12-29-27(23)35/h1-2,6-11,18,20,23H,3-5,12-17H2,(H,29,35)(H,30,34)(H,32,33)/t20-,23+/m1/s1. The van der Waals surface area contributed by atoms with Crippen LogP contribution in [-0.4, -0.2) is 58.2 Å². The summed E-state index contributed by atoms with van der Waals surface area (Å²) in [6, 6.07) is 10.9. The number of aryl methyl sites for hydroxylation is 1. The number of pyridine rings is 1. The number of aliphatic carboxylic acids is 1. The molecule has 3 aromatic rings. The van der Waals surface area contributed by atoms with Crippen LogP contribution in [-0.2, 0) is 38.5 Å². The largest absolute Gasteiger partial charge is 0.481 e. The van der Waals surface area contributed by atoms with Crippen LogP contribution in [0.25, 0.3) is 10.9 Å². The molecule has 2 amide bonds. The third kappa shape index (κ3) is 6.69. The number of amides is 2. The molecule has 1 aliphatic heterocycles. The van der Waals surface area contributed by atoms with Crippen molar-refractivity contribution in [2.45, 2.75) is 44.7 Å². The molecule has 0 saturated heterocycles. The molecule has 2 bridgehead atoms. The van der Waals surface area contributed by atoms with Crippen molar-refractivity contribution in [1.82, 2.24) is 20.2 Å². The Morgan fingerprint density at radius 1 is 1.19 bits per heavy atom. The fraction of sp³-hybridized carbons (Fsp3) is 0.407. The molecule has 9 nitrogen and oxygen atoms in total. The first-order valence-electron chi connectivity index (χ1n) is 12.3. The minimum Gasteiger partial charge on any atom is -0.481 e. The van der Waals surface area contributed by atoms with Gasteiger partial charge in [-0.1, -0.05) is 18.2 Å². The van der Waals surface area contributed by atoms with E-state index in [4.69, 9.17) is 4.74 Å². The maximum Gasteiger partial charge on any atom is 0.304 e. The second kappa shape index (κ2) is 12.3. The summed E-state index contributed by atoms with van der Waals surface area (Å²) >= 11 is 0. The van der Waals surface area contributed by atoms with E-state index in [0.29, 0.717) is 45.6 Å². The molecule has 0 radical (unpaired) electrons. The van der Waals surface area contributed by atoms with E-state index in [-0.39, 0.29) is 12.3 Å². The van der Waals surface area contributed by atoms with Crippen LogP contribution in [0.3, 0.4) is 0 Å². The lowest BCUT2D eigenvalue weighted by atomic mass is 9.95. The molecule has 1 aliphatic rings. The zero-order valence-electron chi connectivity index (χ0n) is 20.2. The third-order valence-corrected chi connectivity index (χ3v) is 6.51. The number of carbonyl (C=O) groups is 3. The topological polar surface area (TPSA) is 123 Å². The highest BCUT2D eigenvalue weighted by Gasteiger charge is 2.28. The summed E-state index contributed by atoms with van der Waals surface area (Å²) in [4.78, 5) is 41.8. The van der Waals surface area contributed by atoms with E-state index in [1.807, 2.05) is 42.6 Å². The lowest BCUT2D eigenvalue weighted by molar-refractivity contribution is -0.141. The molecule has 2 atom stereocenters. The molecule has 0 aliphatic carbocycles. The monoisotopic (exact) mass is 492 g/mol. The van der Waals surface area contributed by atoms with Gasteiger partial charge in [0.2, 0.25) is 11.8 Å². The van der Waals surface area contributed by atoms with Gasteiger partial charge < -0.3 is 25.0 Å². The van der Waals surface area contributed by atoms with Gasteiger partial charge in [0.15, 0.2) is 0 Å². The highest BCUT2D eigenvalue weighted by molar-refractivity contribution is 5.91. The third-order valence-electron chi connectivity index (χ3n) is 6.51. The zero-order valence-corrected chi connectivity index (χ0v) is 20.2. The van der Waals surface area contributed by atoms with Gasteiger partial charge in [0.1, 0.15) is 6.04 Å². The van der Waals surface area contributed by atoms with Gasteiger partial charge in [-0.05, 0) is 48.6 Å². The number of nitrogens with zero attached hydrogens (tertiary/aromatic N) is 2. The normalized spacial score (nSPS) is 17.4. The number of ether oxygens (including phenoxy) is 1. The highest BCUT2D eigenvalue weighted by Crippen LogP contribution is 2.23. The molecule has 1 aromatic carbocycles. The molecule has 36 heavy (non-hydrogen) atoms. The number of carboxylic acid groups (broad SMARTS) is 1. The van der Waals surface area contributed by atoms with E-state index in [1.54, 1.807) is 12.4 Å². The van der Waals surface area contributed by atoms with Gasteiger partial charge >= 0.3 is 5.97 Å². The van der Waals surface area contributed by atoms with Crippen LogP contribution in [0, 0.1) is 5.92 Å². The van der Waals surface area contributed by atoms with Crippen molar-refractivity contribution in [2.24, 2.45) is 5.92 Å². The summed E-state index contributed by atoms with van der Waals surface area (Å²) in [5, 5.41) is 16.1. The maximum atomic E-state index is 13.2. The van der Waals surface area contributed by atoms with Crippen LogP contribution in [0.5, 0.6) is 0 Å². The van der Waals surface area contributed by atoms with E-state index in [9.17, 15) is 19.5 Å². The fourth-order valence-electron chi connectivity index (χ4n) is 4.66. The SMILES string of the molecule is O=C(O)C[C@@H](CCCc1ccncc1)C(=O)N[C@H]1Cc2cn(c3ccccc23)CCOCCNC1=O. The van der Waals surface area contributed by atoms with Crippen LogP contribution >= 0.6 is 0 Å². The average molecular weight is 493 g/mol. The van der Waals surface area contributed by atoms with Crippen molar-refractivity contribution in [3.05, 3.63) is 66.1 Å². The Balaban J connectivity index is 1.51. The van der Waals surface area contributed by atoms with Gasteiger partial charge in [-0.25, -0.2) is 0 Å². The van der Waals surface area contributed by atoms with Gasteiger partial charge in [0, 0.05) is 54.9 Å². The van der Waals surface area contributed by atoms with Gasteiger partial charge in [-0.15, -0.1) is 0 Å². The predicted molar refractivity (Wildman–Crippen MR) is 134 cm³/mol. The zero-order chi connectivity index (χ0) is 25.3. The molecule has 0 saturated carbocycles. The average Bonchev–Trinajstić information content (AvgIpc) is 3.22. The first kappa shape index (κ1) is 25.4. The number of para-hydroxylation sites is 1. The second-order valence-corrected chi connectivity index (χ2v) is 9.08. The summed E-state index contributed by atoms with van der Waals surface area (Å²) in [5.41, 5.74) is 3.07. The molecule has 3 heterocycles. The molecular weight excluding hydrogens is 460 g/mol. The van der Waals surface area contributed by atoms with Crippen molar-refractivity contribution >= 4 is 28.7 Å². The van der Waals surface area contributed by atoms with Gasteiger partial charge in [0.05, 0.1) is 19.6 Å². The number of carbonyl (C=O) groups excluding carboxylic acids is 2. The van der Waals surface area contributed by atoms with E-state index < -0.39 is 23.8 Å². The molecule has 4 rings (SSSR count). The Morgan fingerprint density at radius 2 is 2.00 bits per heavy atom. The molecule has 3 N–H and O–H groups in total. The minimum atomic E-state index is -1.04. The van der Waals surface area contributed by atoms with Gasteiger partial charge in [0.25, 0.3) is 0 Å². The van der Waals surface area contributed by atoms with Crippen LogP contribution in [0.15, 0.2) is 55.0 Å². The Bertz CT molecular complexity index is 1190. The number of benzene rings is 1. The maximum absolute atomic E-state index is 13.2. The van der Waals surface area contributed by atoms with Gasteiger partial charge in [-0.2, -0.15) is 0 Å². The number of rotatable bonds is 8. The summed E-state index contributed by atoms with van der Waals surface area (Å²) in [5.74, 6) is -2.50. The Labute approximate surface area is 209 Å². The first-order chi connectivity index (χ1) is 17.5. The van der Waals surface area contributed by atoms with E-state index in [0.717, 1.165) is 28.5 Å².